The molecule has 254 valence electrons. The van der Waals surface area contributed by atoms with Crippen molar-refractivity contribution in [2.24, 2.45) is 0 Å². The Labute approximate surface area is 319 Å². The van der Waals surface area contributed by atoms with Crippen LogP contribution in [0.4, 0.5) is 0 Å². The van der Waals surface area contributed by atoms with E-state index in [1.165, 1.54) is 65.4 Å². The van der Waals surface area contributed by atoms with Gasteiger partial charge in [-0.25, -0.2) is 9.97 Å². The molecule has 0 N–H and O–H groups in total. The van der Waals surface area contributed by atoms with E-state index >= 15 is 0 Å². The predicted octanol–water partition coefficient (Wildman–Crippen LogP) is 13.3. The van der Waals surface area contributed by atoms with Crippen LogP contribution in [0, 0.1) is 0 Å². The fourth-order valence-electron chi connectivity index (χ4n) is 8.96. The molecule has 7 aromatic carbocycles. The van der Waals surface area contributed by atoms with E-state index in [9.17, 15) is 0 Å². The topological polar surface area (TPSA) is 25.8 Å². The Morgan fingerprint density at radius 3 is 1.96 bits per heavy atom. The highest BCUT2D eigenvalue weighted by Crippen LogP contribution is 2.63. The van der Waals surface area contributed by atoms with Gasteiger partial charge in [0, 0.05) is 21.4 Å². The summed E-state index contributed by atoms with van der Waals surface area (Å²) in [6.45, 7) is 0. The van der Waals surface area contributed by atoms with Crippen LogP contribution in [0.3, 0.4) is 0 Å². The summed E-state index contributed by atoms with van der Waals surface area (Å²) in [5, 5.41) is 1.05. The molecular weight excluding hydrogens is 673 g/mol. The maximum Gasteiger partial charge on any atom is 0.160 e. The molecule has 1 unspecified atom stereocenters. The third-order valence-electron chi connectivity index (χ3n) is 11.4. The van der Waals surface area contributed by atoms with Gasteiger partial charge in [0.25, 0.3) is 0 Å². The van der Waals surface area contributed by atoms with Crippen LogP contribution in [0.15, 0.2) is 197 Å². The van der Waals surface area contributed by atoms with Gasteiger partial charge in [0.05, 0.1) is 16.6 Å². The second kappa shape index (κ2) is 12.4. The smallest absolute Gasteiger partial charge is 0.160 e. The summed E-state index contributed by atoms with van der Waals surface area (Å²) in [6, 6.07) is 61.6. The van der Waals surface area contributed by atoms with Crippen molar-refractivity contribution in [3.8, 4) is 56.0 Å². The molecular formula is C51H34N2S. The molecule has 2 heterocycles. The minimum atomic E-state index is -0.310. The van der Waals surface area contributed by atoms with Gasteiger partial charge in [-0.15, -0.1) is 0 Å². The molecule has 1 spiro atoms. The number of hydrogen-bond acceptors (Lipinski definition) is 3. The van der Waals surface area contributed by atoms with Gasteiger partial charge >= 0.3 is 0 Å². The number of benzene rings is 7. The average Bonchev–Trinajstić information content (AvgIpc) is 3.54. The highest BCUT2D eigenvalue weighted by atomic mass is 32.2. The quantitative estimate of drug-likeness (QED) is 0.182. The number of hydrogen-bond donors (Lipinski definition) is 0. The molecule has 0 radical (unpaired) electrons. The number of thioether (sulfide) groups is 1. The van der Waals surface area contributed by atoms with Gasteiger partial charge in [-0.3, -0.25) is 0 Å². The lowest BCUT2D eigenvalue weighted by atomic mass is 9.66. The minimum absolute atomic E-state index is 0.310. The first-order chi connectivity index (χ1) is 26.8. The van der Waals surface area contributed by atoms with Crippen molar-refractivity contribution in [2.75, 3.05) is 0 Å². The van der Waals surface area contributed by atoms with E-state index < -0.39 is 0 Å². The molecule has 0 amide bonds. The summed E-state index contributed by atoms with van der Waals surface area (Å²) in [5.74, 6) is 0.727. The molecule has 0 fully saturated rings. The Kier molecular flexibility index (Phi) is 7.18. The van der Waals surface area contributed by atoms with Gasteiger partial charge in [-0.05, 0) is 91.6 Å². The van der Waals surface area contributed by atoms with Gasteiger partial charge in [0.2, 0.25) is 0 Å². The van der Waals surface area contributed by atoms with E-state index in [1.807, 2.05) is 17.8 Å². The maximum atomic E-state index is 5.20. The third kappa shape index (κ3) is 4.75. The van der Waals surface area contributed by atoms with Crippen LogP contribution < -0.4 is 0 Å². The number of nitrogens with zero attached hydrogens (tertiary/aromatic N) is 2. The van der Waals surface area contributed by atoms with Gasteiger partial charge in [-0.2, -0.15) is 0 Å². The third-order valence-corrected chi connectivity index (χ3v) is 12.7. The van der Waals surface area contributed by atoms with E-state index in [4.69, 9.17) is 9.97 Å². The van der Waals surface area contributed by atoms with Crippen molar-refractivity contribution in [3.63, 3.8) is 0 Å². The molecule has 11 rings (SSSR count). The van der Waals surface area contributed by atoms with E-state index in [1.54, 1.807) is 0 Å². The maximum absolute atomic E-state index is 5.20. The number of allylic oxidation sites excluding steroid dienone is 4. The largest absolute Gasteiger partial charge is 0.228 e. The van der Waals surface area contributed by atoms with E-state index in [0.29, 0.717) is 0 Å². The highest BCUT2D eigenvalue weighted by Gasteiger charge is 2.50. The van der Waals surface area contributed by atoms with Crippen molar-refractivity contribution in [2.45, 2.75) is 23.2 Å². The van der Waals surface area contributed by atoms with Crippen LogP contribution in [0.5, 0.6) is 0 Å². The molecule has 8 aromatic rings. The molecule has 1 aromatic heterocycles. The van der Waals surface area contributed by atoms with Crippen molar-refractivity contribution in [3.05, 3.63) is 209 Å². The number of rotatable bonds is 4. The van der Waals surface area contributed by atoms with Crippen LogP contribution in [-0.2, 0) is 5.41 Å². The molecule has 1 atom stereocenters. The van der Waals surface area contributed by atoms with Crippen LogP contribution in [0.2, 0.25) is 0 Å². The summed E-state index contributed by atoms with van der Waals surface area (Å²) in [5.41, 5.74) is 16.7. The molecule has 1 aliphatic heterocycles. The van der Waals surface area contributed by atoms with E-state index in [2.05, 4.69) is 176 Å². The lowest BCUT2D eigenvalue weighted by Gasteiger charge is -2.41. The number of aromatic nitrogens is 2. The van der Waals surface area contributed by atoms with Gasteiger partial charge in [0.1, 0.15) is 0 Å². The van der Waals surface area contributed by atoms with Gasteiger partial charge in [-0.1, -0.05) is 176 Å². The molecule has 2 aliphatic carbocycles. The number of fused-ring (bicyclic) bond motifs is 9. The summed E-state index contributed by atoms with van der Waals surface area (Å²) in [4.78, 5) is 13.1. The summed E-state index contributed by atoms with van der Waals surface area (Å²) in [7, 11) is 0. The predicted molar refractivity (Wildman–Crippen MR) is 224 cm³/mol. The molecule has 0 saturated heterocycles. The van der Waals surface area contributed by atoms with Crippen molar-refractivity contribution in [1.29, 1.82) is 0 Å². The lowest BCUT2D eigenvalue weighted by Crippen LogP contribution is -2.33. The van der Waals surface area contributed by atoms with E-state index in [0.717, 1.165) is 46.4 Å². The summed E-state index contributed by atoms with van der Waals surface area (Å²) < 4.78 is 0. The molecule has 3 heteroatoms. The zero-order valence-electron chi connectivity index (χ0n) is 29.5. The normalized spacial score (nSPS) is 16.6. The Balaban J connectivity index is 0.990. The van der Waals surface area contributed by atoms with Crippen molar-refractivity contribution < 1.29 is 0 Å². The second-order valence-corrected chi connectivity index (χ2v) is 15.5. The first-order valence-electron chi connectivity index (χ1n) is 18.7. The lowest BCUT2D eigenvalue weighted by molar-refractivity contribution is 0.723. The Bertz CT molecular complexity index is 2830. The van der Waals surface area contributed by atoms with Crippen LogP contribution in [-0.4, -0.2) is 9.97 Å². The van der Waals surface area contributed by atoms with Crippen LogP contribution >= 0.6 is 11.8 Å². The fourth-order valence-corrected chi connectivity index (χ4v) is 10.3. The fraction of sp³-hybridized carbons (Fsp3) is 0.0588. The first kappa shape index (κ1) is 31.3. The SMILES string of the molecule is C1=CC2=C(CC1)Sc1ccccc1C21c2ccccc2-c2cc(-c3ccc(-c4nc(-c5ccc(-c6ccccc6)cc5)c5ccccc5n4)cc3)ccc21. The average molecular weight is 707 g/mol. The monoisotopic (exact) mass is 706 g/mol. The Morgan fingerprint density at radius 2 is 1.11 bits per heavy atom. The molecule has 54 heavy (non-hydrogen) atoms. The van der Waals surface area contributed by atoms with Gasteiger partial charge < -0.3 is 0 Å². The molecule has 3 aliphatic rings. The van der Waals surface area contributed by atoms with Crippen molar-refractivity contribution in [1.82, 2.24) is 9.97 Å². The highest BCUT2D eigenvalue weighted by molar-refractivity contribution is 8.03. The standard InChI is InChI=1S/C51H34N2S/c1-2-12-33(13-3-1)34-22-26-36(27-23-34)49-40-15-5-9-19-46(40)52-50(53-49)37-28-24-35(25-29-37)38-30-31-43-41(32-38)39-14-4-6-16-42(39)51(43)44-17-7-10-20-47(44)54-48-21-11-8-18-45(48)51/h1-10,12-20,22-32H,11,21H2. The van der Waals surface area contributed by atoms with E-state index in [-0.39, 0.29) is 5.41 Å². The van der Waals surface area contributed by atoms with Crippen molar-refractivity contribution >= 4 is 22.7 Å². The zero-order chi connectivity index (χ0) is 35.6. The summed E-state index contributed by atoms with van der Waals surface area (Å²) in [6.07, 6.45) is 6.98. The zero-order valence-corrected chi connectivity index (χ0v) is 30.4. The Hall–Kier alpha value is -6.29. The minimum Gasteiger partial charge on any atom is -0.228 e. The van der Waals surface area contributed by atoms with Crippen LogP contribution in [0.25, 0.3) is 66.9 Å². The molecule has 0 bridgehead atoms. The number of para-hydroxylation sites is 1. The van der Waals surface area contributed by atoms with Crippen LogP contribution in [0.1, 0.15) is 29.5 Å². The summed E-state index contributed by atoms with van der Waals surface area (Å²) >= 11 is 1.97. The molecule has 2 nitrogen and oxygen atoms in total. The Morgan fingerprint density at radius 1 is 0.481 bits per heavy atom. The van der Waals surface area contributed by atoms with Gasteiger partial charge in [0.15, 0.2) is 5.82 Å². The second-order valence-electron chi connectivity index (χ2n) is 14.4. The molecule has 0 saturated carbocycles. The first-order valence-corrected chi connectivity index (χ1v) is 19.5.